The number of nitrogens with one attached hydrogen (secondary N) is 1. The summed E-state index contributed by atoms with van der Waals surface area (Å²) in [6.45, 7) is 8.80. The number of para-hydroxylation sites is 1. The Balaban J connectivity index is 1.57. The number of nitrogens with zero attached hydrogens (tertiary/aromatic N) is 4. The first kappa shape index (κ1) is 20.6. The Morgan fingerprint density at radius 2 is 1.97 bits per heavy atom. The van der Waals surface area contributed by atoms with Crippen molar-refractivity contribution >= 4 is 33.3 Å². The lowest BCUT2D eigenvalue weighted by Crippen LogP contribution is -2.44. The number of likely N-dealkylation sites (N-methyl/N-ethyl adjacent to an activating group) is 1. The Morgan fingerprint density at radius 1 is 1.20 bits per heavy atom. The highest BCUT2D eigenvalue weighted by Crippen LogP contribution is 2.35. The predicted octanol–water partition coefficient (Wildman–Crippen LogP) is 3.08. The van der Waals surface area contributed by atoms with E-state index in [0.29, 0.717) is 18.0 Å². The quantitative estimate of drug-likeness (QED) is 0.655. The summed E-state index contributed by atoms with van der Waals surface area (Å²) in [6.07, 6.45) is 1.60. The molecule has 2 aromatic heterocycles. The van der Waals surface area contributed by atoms with E-state index in [9.17, 15) is 4.79 Å². The lowest BCUT2D eigenvalue weighted by Gasteiger charge is -2.33. The van der Waals surface area contributed by atoms with Crippen LogP contribution in [0.2, 0.25) is 0 Å². The summed E-state index contributed by atoms with van der Waals surface area (Å²) in [6, 6.07) is 7.78. The summed E-state index contributed by atoms with van der Waals surface area (Å²) in [5.74, 6) is 1.64. The van der Waals surface area contributed by atoms with Crippen molar-refractivity contribution < 1.29 is 9.53 Å². The number of aryl methyl sites for hydroxylation is 1. The van der Waals surface area contributed by atoms with Crippen LogP contribution < -0.4 is 15.0 Å². The summed E-state index contributed by atoms with van der Waals surface area (Å²) < 4.78 is 5.66. The average molecular weight is 426 g/mol. The number of carbonyl (C=O) groups excluding carboxylic acids is 1. The molecule has 1 N–H and O–H groups in total. The van der Waals surface area contributed by atoms with Gasteiger partial charge in [-0.1, -0.05) is 18.2 Å². The largest absolute Gasteiger partial charge is 0.494 e. The second-order valence-electron chi connectivity index (χ2n) is 7.45. The molecule has 3 aromatic rings. The van der Waals surface area contributed by atoms with Gasteiger partial charge in [-0.05, 0) is 32.5 Å². The van der Waals surface area contributed by atoms with Crippen molar-refractivity contribution in [1.82, 2.24) is 20.2 Å². The normalized spacial score (nSPS) is 14.8. The van der Waals surface area contributed by atoms with Gasteiger partial charge in [-0.15, -0.1) is 11.3 Å². The number of fused-ring (bicyclic) bond motifs is 1. The van der Waals surface area contributed by atoms with E-state index in [4.69, 9.17) is 4.74 Å². The van der Waals surface area contributed by atoms with Crippen molar-refractivity contribution in [3.8, 4) is 5.75 Å². The number of amides is 1. The molecule has 7 nitrogen and oxygen atoms in total. The zero-order valence-corrected chi connectivity index (χ0v) is 18.5. The molecular formula is C22H27N5O2S. The number of benzene rings is 1. The molecule has 0 spiro atoms. The summed E-state index contributed by atoms with van der Waals surface area (Å²) in [5.41, 5.74) is 1.91. The van der Waals surface area contributed by atoms with Crippen LogP contribution in [0.25, 0.3) is 10.2 Å². The van der Waals surface area contributed by atoms with Gasteiger partial charge in [0, 0.05) is 38.3 Å². The van der Waals surface area contributed by atoms with Crippen molar-refractivity contribution in [3.05, 3.63) is 46.6 Å². The summed E-state index contributed by atoms with van der Waals surface area (Å²) in [7, 11) is 2.13. The van der Waals surface area contributed by atoms with Crippen LogP contribution in [0.3, 0.4) is 0 Å². The van der Waals surface area contributed by atoms with E-state index in [1.165, 1.54) is 11.3 Å². The third-order valence-corrected chi connectivity index (χ3v) is 6.63. The van der Waals surface area contributed by atoms with Gasteiger partial charge < -0.3 is 19.9 Å². The van der Waals surface area contributed by atoms with Crippen molar-refractivity contribution in [2.45, 2.75) is 20.4 Å². The summed E-state index contributed by atoms with van der Waals surface area (Å²) >= 11 is 1.43. The van der Waals surface area contributed by atoms with Crippen LogP contribution in [0.15, 0.2) is 30.6 Å². The summed E-state index contributed by atoms with van der Waals surface area (Å²) in [4.78, 5) is 28.2. The van der Waals surface area contributed by atoms with E-state index in [1.807, 2.05) is 38.1 Å². The minimum Gasteiger partial charge on any atom is -0.494 e. The van der Waals surface area contributed by atoms with E-state index in [2.05, 4.69) is 32.1 Å². The van der Waals surface area contributed by atoms with Crippen molar-refractivity contribution in [3.63, 3.8) is 0 Å². The molecule has 1 aliphatic rings. The predicted molar refractivity (Wildman–Crippen MR) is 121 cm³/mol. The first-order valence-corrected chi connectivity index (χ1v) is 11.1. The van der Waals surface area contributed by atoms with Gasteiger partial charge in [-0.3, -0.25) is 4.79 Å². The maximum absolute atomic E-state index is 13.0. The minimum absolute atomic E-state index is 0.0915. The fraction of sp³-hybridized carbons (Fsp3) is 0.409. The van der Waals surface area contributed by atoms with E-state index in [-0.39, 0.29) is 5.91 Å². The molecule has 0 aliphatic carbocycles. The van der Waals surface area contributed by atoms with Gasteiger partial charge in [0.15, 0.2) is 0 Å². The third-order valence-electron chi connectivity index (χ3n) is 5.43. The molecule has 8 heteroatoms. The Labute approximate surface area is 180 Å². The van der Waals surface area contributed by atoms with Gasteiger partial charge in [0.2, 0.25) is 0 Å². The number of ether oxygens (including phenoxy) is 1. The van der Waals surface area contributed by atoms with E-state index in [1.54, 1.807) is 6.33 Å². The van der Waals surface area contributed by atoms with Gasteiger partial charge in [-0.25, -0.2) is 9.97 Å². The molecule has 1 amide bonds. The molecule has 0 saturated carbocycles. The van der Waals surface area contributed by atoms with Gasteiger partial charge in [0.25, 0.3) is 5.91 Å². The molecule has 30 heavy (non-hydrogen) atoms. The van der Waals surface area contributed by atoms with Gasteiger partial charge in [0.05, 0.1) is 16.9 Å². The van der Waals surface area contributed by atoms with Crippen molar-refractivity contribution in [2.24, 2.45) is 0 Å². The number of aromatic nitrogens is 2. The number of hydrogen-bond donors (Lipinski definition) is 1. The van der Waals surface area contributed by atoms with Crippen LogP contribution in [0, 0.1) is 6.92 Å². The average Bonchev–Trinajstić information content (AvgIpc) is 3.10. The van der Waals surface area contributed by atoms with Crippen LogP contribution in [-0.4, -0.2) is 60.6 Å². The summed E-state index contributed by atoms with van der Waals surface area (Å²) in [5, 5.41) is 4.04. The van der Waals surface area contributed by atoms with E-state index in [0.717, 1.165) is 59.1 Å². The molecule has 1 aliphatic heterocycles. The molecule has 1 aromatic carbocycles. The molecule has 0 unspecified atom stereocenters. The molecule has 1 saturated heterocycles. The van der Waals surface area contributed by atoms with Gasteiger partial charge in [0.1, 0.15) is 22.7 Å². The Hall–Kier alpha value is -2.71. The number of anilines is 1. The molecule has 0 atom stereocenters. The SMILES string of the molecule is CCOc1ccccc1CNC(=O)c1sc2ncnc(N3CCN(C)CC3)c2c1C. The maximum atomic E-state index is 13.0. The molecule has 4 rings (SSSR count). The first-order valence-electron chi connectivity index (χ1n) is 10.2. The van der Waals surface area contributed by atoms with Crippen LogP contribution in [0.4, 0.5) is 5.82 Å². The monoisotopic (exact) mass is 425 g/mol. The topological polar surface area (TPSA) is 70.6 Å². The van der Waals surface area contributed by atoms with Crippen LogP contribution in [0.1, 0.15) is 27.7 Å². The Morgan fingerprint density at radius 3 is 2.73 bits per heavy atom. The smallest absolute Gasteiger partial charge is 0.261 e. The number of thiophene rings is 1. The molecular weight excluding hydrogens is 398 g/mol. The third kappa shape index (κ3) is 4.11. The molecule has 0 bridgehead atoms. The zero-order valence-electron chi connectivity index (χ0n) is 17.6. The van der Waals surface area contributed by atoms with Crippen LogP contribution in [-0.2, 0) is 6.54 Å². The molecule has 0 radical (unpaired) electrons. The van der Waals surface area contributed by atoms with Gasteiger partial charge in [-0.2, -0.15) is 0 Å². The maximum Gasteiger partial charge on any atom is 0.261 e. The molecule has 158 valence electrons. The fourth-order valence-corrected chi connectivity index (χ4v) is 4.79. The lowest BCUT2D eigenvalue weighted by molar-refractivity contribution is 0.0954. The number of rotatable bonds is 6. The highest BCUT2D eigenvalue weighted by Gasteiger charge is 2.23. The lowest BCUT2D eigenvalue weighted by atomic mass is 10.1. The van der Waals surface area contributed by atoms with E-state index >= 15 is 0 Å². The van der Waals surface area contributed by atoms with Crippen LogP contribution >= 0.6 is 11.3 Å². The minimum atomic E-state index is -0.0915. The standard InChI is InChI=1S/C22H27N5O2S/c1-4-29-17-8-6-5-7-16(17)13-23-21(28)19-15(2)18-20(24-14-25-22(18)30-19)27-11-9-26(3)10-12-27/h5-8,14H,4,9-13H2,1-3H3,(H,23,28). The van der Waals surface area contributed by atoms with Crippen molar-refractivity contribution in [1.29, 1.82) is 0 Å². The van der Waals surface area contributed by atoms with Crippen LogP contribution in [0.5, 0.6) is 5.75 Å². The second-order valence-corrected chi connectivity index (χ2v) is 8.45. The fourth-order valence-electron chi connectivity index (χ4n) is 3.73. The second kappa shape index (κ2) is 8.97. The van der Waals surface area contributed by atoms with Gasteiger partial charge >= 0.3 is 0 Å². The Bertz CT molecular complexity index is 1040. The Kier molecular flexibility index (Phi) is 6.15. The highest BCUT2D eigenvalue weighted by atomic mass is 32.1. The zero-order chi connectivity index (χ0) is 21.1. The van der Waals surface area contributed by atoms with Crippen molar-refractivity contribution in [2.75, 3.05) is 44.7 Å². The highest BCUT2D eigenvalue weighted by molar-refractivity contribution is 7.20. The number of carbonyl (C=O) groups is 1. The molecule has 3 heterocycles. The van der Waals surface area contributed by atoms with E-state index < -0.39 is 0 Å². The number of hydrogen-bond acceptors (Lipinski definition) is 7. The number of piperazine rings is 1. The first-order chi connectivity index (χ1) is 14.6. The molecule has 1 fully saturated rings.